The van der Waals surface area contributed by atoms with Crippen LogP contribution in [0, 0.1) is 5.82 Å². The topological polar surface area (TPSA) is 29.9 Å². The molecule has 0 radical (unpaired) electrons. The molecule has 0 saturated carbocycles. The fourth-order valence-electron chi connectivity index (χ4n) is 1.90. The molecule has 0 aliphatic carbocycles. The SMILES string of the molecule is CC(C)NCc1ccc(Cc2nccn2C)c(F)c1. The lowest BCUT2D eigenvalue weighted by atomic mass is 10.1. The molecule has 1 aromatic carbocycles. The summed E-state index contributed by atoms with van der Waals surface area (Å²) in [7, 11) is 1.92. The van der Waals surface area contributed by atoms with Crippen molar-refractivity contribution in [3.8, 4) is 0 Å². The van der Waals surface area contributed by atoms with E-state index in [1.54, 1.807) is 12.3 Å². The first-order valence-electron chi connectivity index (χ1n) is 6.53. The average Bonchev–Trinajstić information content (AvgIpc) is 2.75. The Morgan fingerprint density at radius 2 is 2.16 bits per heavy atom. The highest BCUT2D eigenvalue weighted by Crippen LogP contribution is 2.14. The van der Waals surface area contributed by atoms with Crippen molar-refractivity contribution in [1.82, 2.24) is 14.9 Å². The van der Waals surface area contributed by atoms with Crippen LogP contribution in [-0.4, -0.2) is 15.6 Å². The van der Waals surface area contributed by atoms with E-state index < -0.39 is 0 Å². The van der Waals surface area contributed by atoms with Gasteiger partial charge in [0, 0.05) is 38.4 Å². The molecule has 1 aromatic heterocycles. The molecule has 0 atom stereocenters. The van der Waals surface area contributed by atoms with Crippen molar-refractivity contribution < 1.29 is 4.39 Å². The summed E-state index contributed by atoms with van der Waals surface area (Å²) in [6, 6.07) is 5.82. The molecule has 0 bridgehead atoms. The third-order valence-corrected chi connectivity index (χ3v) is 3.10. The van der Waals surface area contributed by atoms with Crippen LogP contribution in [0.5, 0.6) is 0 Å². The second-order valence-corrected chi connectivity index (χ2v) is 5.09. The van der Waals surface area contributed by atoms with Crippen LogP contribution < -0.4 is 5.32 Å². The van der Waals surface area contributed by atoms with E-state index >= 15 is 0 Å². The molecule has 102 valence electrons. The fraction of sp³-hybridized carbons (Fsp3) is 0.400. The zero-order chi connectivity index (χ0) is 13.8. The van der Waals surface area contributed by atoms with Crippen molar-refractivity contribution >= 4 is 0 Å². The zero-order valence-corrected chi connectivity index (χ0v) is 11.7. The number of nitrogens with one attached hydrogen (secondary N) is 1. The Hall–Kier alpha value is -1.68. The molecule has 0 amide bonds. The Morgan fingerprint density at radius 3 is 2.74 bits per heavy atom. The first-order valence-corrected chi connectivity index (χ1v) is 6.53. The number of benzene rings is 1. The molecule has 0 aliphatic heterocycles. The Labute approximate surface area is 113 Å². The van der Waals surface area contributed by atoms with Gasteiger partial charge in [0.05, 0.1) is 0 Å². The normalized spacial score (nSPS) is 11.2. The predicted molar refractivity (Wildman–Crippen MR) is 74.4 cm³/mol. The van der Waals surface area contributed by atoms with E-state index in [9.17, 15) is 4.39 Å². The van der Waals surface area contributed by atoms with Gasteiger partial charge in [-0.15, -0.1) is 0 Å². The highest BCUT2D eigenvalue weighted by Gasteiger charge is 2.07. The van der Waals surface area contributed by atoms with Crippen molar-refractivity contribution in [2.45, 2.75) is 32.9 Å². The van der Waals surface area contributed by atoms with Crippen LogP contribution in [0.3, 0.4) is 0 Å². The van der Waals surface area contributed by atoms with Gasteiger partial charge < -0.3 is 9.88 Å². The summed E-state index contributed by atoms with van der Waals surface area (Å²) in [5.41, 5.74) is 1.65. The van der Waals surface area contributed by atoms with Crippen molar-refractivity contribution in [2.24, 2.45) is 7.05 Å². The minimum atomic E-state index is -0.161. The number of halogens is 1. The first kappa shape index (κ1) is 13.7. The molecule has 1 heterocycles. The molecule has 0 spiro atoms. The molecular formula is C15H20FN3. The van der Waals surface area contributed by atoms with Gasteiger partial charge in [0.15, 0.2) is 0 Å². The first-order chi connectivity index (χ1) is 9.06. The lowest BCUT2D eigenvalue weighted by Gasteiger charge is -2.10. The van der Waals surface area contributed by atoms with Crippen LogP contribution in [0.25, 0.3) is 0 Å². The number of rotatable bonds is 5. The minimum absolute atomic E-state index is 0.161. The average molecular weight is 261 g/mol. The number of aromatic nitrogens is 2. The van der Waals surface area contributed by atoms with Crippen molar-refractivity contribution in [1.29, 1.82) is 0 Å². The number of imidazole rings is 1. The second kappa shape index (κ2) is 5.97. The molecule has 19 heavy (non-hydrogen) atoms. The third-order valence-electron chi connectivity index (χ3n) is 3.10. The van der Waals surface area contributed by atoms with Gasteiger partial charge in [0.2, 0.25) is 0 Å². The molecule has 3 nitrogen and oxygen atoms in total. The second-order valence-electron chi connectivity index (χ2n) is 5.09. The molecular weight excluding hydrogens is 241 g/mol. The maximum atomic E-state index is 14.0. The Morgan fingerprint density at radius 1 is 1.37 bits per heavy atom. The molecule has 4 heteroatoms. The quantitative estimate of drug-likeness (QED) is 0.896. The maximum absolute atomic E-state index is 14.0. The summed E-state index contributed by atoms with van der Waals surface area (Å²) in [6.07, 6.45) is 4.12. The summed E-state index contributed by atoms with van der Waals surface area (Å²) in [5, 5.41) is 3.28. The van der Waals surface area contributed by atoms with E-state index in [0.29, 0.717) is 24.6 Å². The number of hydrogen-bond acceptors (Lipinski definition) is 2. The summed E-state index contributed by atoms with van der Waals surface area (Å²) in [4.78, 5) is 4.22. The zero-order valence-electron chi connectivity index (χ0n) is 11.7. The number of nitrogens with zero attached hydrogens (tertiary/aromatic N) is 2. The van der Waals surface area contributed by atoms with Crippen LogP contribution >= 0.6 is 0 Å². The van der Waals surface area contributed by atoms with E-state index in [2.05, 4.69) is 24.1 Å². The van der Waals surface area contributed by atoms with Gasteiger partial charge in [-0.05, 0) is 17.2 Å². The number of aryl methyl sites for hydroxylation is 1. The Kier molecular flexibility index (Phi) is 4.32. The molecule has 0 fully saturated rings. The van der Waals surface area contributed by atoms with Crippen molar-refractivity contribution in [3.05, 3.63) is 53.4 Å². The van der Waals surface area contributed by atoms with E-state index in [1.807, 2.05) is 29.9 Å². The maximum Gasteiger partial charge on any atom is 0.127 e. The van der Waals surface area contributed by atoms with E-state index in [1.165, 1.54) is 0 Å². The molecule has 2 rings (SSSR count). The summed E-state index contributed by atoms with van der Waals surface area (Å²) >= 11 is 0. The van der Waals surface area contributed by atoms with Gasteiger partial charge in [-0.25, -0.2) is 9.37 Å². The lowest BCUT2D eigenvalue weighted by Crippen LogP contribution is -2.21. The van der Waals surface area contributed by atoms with Gasteiger partial charge in [-0.2, -0.15) is 0 Å². The summed E-state index contributed by atoms with van der Waals surface area (Å²) in [5.74, 6) is 0.706. The van der Waals surface area contributed by atoms with Crippen molar-refractivity contribution in [3.63, 3.8) is 0 Å². The van der Waals surface area contributed by atoms with Gasteiger partial charge in [0.25, 0.3) is 0 Å². The largest absolute Gasteiger partial charge is 0.338 e. The molecule has 2 aromatic rings. The summed E-state index contributed by atoms with van der Waals surface area (Å²) in [6.45, 7) is 4.84. The van der Waals surface area contributed by atoms with Gasteiger partial charge >= 0.3 is 0 Å². The number of hydrogen-bond donors (Lipinski definition) is 1. The van der Waals surface area contributed by atoms with E-state index in [-0.39, 0.29) is 5.82 Å². The van der Waals surface area contributed by atoms with E-state index in [0.717, 1.165) is 11.4 Å². The van der Waals surface area contributed by atoms with Gasteiger partial charge in [-0.1, -0.05) is 26.0 Å². The smallest absolute Gasteiger partial charge is 0.127 e. The predicted octanol–water partition coefficient (Wildman–Crippen LogP) is 2.65. The van der Waals surface area contributed by atoms with Crippen LogP contribution in [0.4, 0.5) is 4.39 Å². The van der Waals surface area contributed by atoms with Crippen molar-refractivity contribution in [2.75, 3.05) is 0 Å². The molecule has 1 N–H and O–H groups in total. The lowest BCUT2D eigenvalue weighted by molar-refractivity contribution is 0.577. The van der Waals surface area contributed by atoms with Crippen LogP contribution in [0.15, 0.2) is 30.6 Å². The van der Waals surface area contributed by atoms with Crippen LogP contribution in [0.2, 0.25) is 0 Å². The minimum Gasteiger partial charge on any atom is -0.338 e. The monoisotopic (exact) mass is 261 g/mol. The fourth-order valence-corrected chi connectivity index (χ4v) is 1.90. The highest BCUT2D eigenvalue weighted by atomic mass is 19.1. The van der Waals surface area contributed by atoms with Crippen LogP contribution in [0.1, 0.15) is 30.8 Å². The standard InChI is InChI=1S/C15H20FN3/c1-11(2)18-10-12-4-5-13(14(16)8-12)9-15-17-6-7-19(15)3/h4-8,11,18H,9-10H2,1-3H3. The molecule has 0 saturated heterocycles. The van der Waals surface area contributed by atoms with E-state index in [4.69, 9.17) is 0 Å². The molecule has 0 aliphatic rings. The summed E-state index contributed by atoms with van der Waals surface area (Å²) < 4.78 is 15.9. The Balaban J connectivity index is 2.09. The third kappa shape index (κ3) is 3.64. The highest BCUT2D eigenvalue weighted by molar-refractivity contribution is 5.27. The van der Waals surface area contributed by atoms with Crippen LogP contribution in [-0.2, 0) is 20.0 Å². The van der Waals surface area contributed by atoms with Gasteiger partial charge in [0.1, 0.15) is 11.6 Å². The Bertz CT molecular complexity index is 546. The molecule has 0 unspecified atom stereocenters. The van der Waals surface area contributed by atoms with Gasteiger partial charge in [-0.3, -0.25) is 0 Å².